The second kappa shape index (κ2) is 9.23. The number of pyridine rings is 1. The summed E-state index contributed by atoms with van der Waals surface area (Å²) < 4.78 is 0. The zero-order valence-corrected chi connectivity index (χ0v) is 16.8. The van der Waals surface area contributed by atoms with Crippen molar-refractivity contribution in [2.75, 3.05) is 0 Å². The third-order valence-electron chi connectivity index (χ3n) is 3.95. The standard InChI is InChI=1S/C21H21N5OS/c1-14-11-15(2)24-21(23-14)28-13-17-6-8-18(9-7-17)20(27)26-25-16(3)19-5-4-10-22-12-19/h4-12H,13H2,1-3H3,(H,26,27)/b25-16-. The Morgan fingerprint density at radius 2 is 1.79 bits per heavy atom. The molecule has 0 bridgehead atoms. The van der Waals surface area contributed by atoms with Crippen LogP contribution in [0.15, 0.2) is 65.1 Å². The van der Waals surface area contributed by atoms with Crippen LogP contribution in [0.25, 0.3) is 0 Å². The second-order valence-electron chi connectivity index (χ2n) is 6.30. The minimum absolute atomic E-state index is 0.250. The molecule has 2 heterocycles. The molecule has 0 aliphatic heterocycles. The van der Waals surface area contributed by atoms with Crippen LogP contribution in [0, 0.1) is 13.8 Å². The van der Waals surface area contributed by atoms with E-state index in [1.807, 2.05) is 51.1 Å². The van der Waals surface area contributed by atoms with E-state index in [0.29, 0.717) is 11.3 Å². The molecule has 1 amide bonds. The summed E-state index contributed by atoms with van der Waals surface area (Å²) in [5.74, 6) is 0.489. The van der Waals surface area contributed by atoms with Crippen molar-refractivity contribution in [1.82, 2.24) is 20.4 Å². The Labute approximate surface area is 168 Å². The van der Waals surface area contributed by atoms with Crippen LogP contribution < -0.4 is 5.43 Å². The summed E-state index contributed by atoms with van der Waals surface area (Å²) in [5.41, 5.74) is 7.72. The van der Waals surface area contributed by atoms with Gasteiger partial charge in [0.25, 0.3) is 5.91 Å². The fraction of sp³-hybridized carbons (Fsp3) is 0.190. The quantitative estimate of drug-likeness (QED) is 0.298. The normalized spacial score (nSPS) is 11.3. The van der Waals surface area contributed by atoms with E-state index in [1.165, 1.54) is 0 Å². The van der Waals surface area contributed by atoms with Gasteiger partial charge in [0.1, 0.15) is 0 Å². The molecule has 0 saturated carbocycles. The van der Waals surface area contributed by atoms with Gasteiger partial charge in [-0.25, -0.2) is 15.4 Å². The lowest BCUT2D eigenvalue weighted by molar-refractivity contribution is 0.0955. The van der Waals surface area contributed by atoms with Crippen molar-refractivity contribution < 1.29 is 4.79 Å². The van der Waals surface area contributed by atoms with Gasteiger partial charge >= 0.3 is 0 Å². The number of nitrogens with one attached hydrogen (secondary N) is 1. The van der Waals surface area contributed by atoms with Crippen LogP contribution in [-0.4, -0.2) is 26.6 Å². The van der Waals surface area contributed by atoms with Crippen molar-refractivity contribution in [3.8, 4) is 0 Å². The zero-order valence-electron chi connectivity index (χ0n) is 16.0. The Hall–Kier alpha value is -3.06. The number of amides is 1. The SMILES string of the molecule is C/C(=N/NC(=O)c1ccc(CSc2nc(C)cc(C)n2)cc1)c1cccnc1. The Morgan fingerprint density at radius 1 is 1.07 bits per heavy atom. The van der Waals surface area contributed by atoms with Gasteiger partial charge in [-0.2, -0.15) is 5.10 Å². The van der Waals surface area contributed by atoms with E-state index in [1.54, 1.807) is 36.3 Å². The predicted octanol–water partition coefficient (Wildman–Crippen LogP) is 3.93. The summed E-state index contributed by atoms with van der Waals surface area (Å²) >= 11 is 1.58. The molecule has 0 radical (unpaired) electrons. The van der Waals surface area contributed by atoms with E-state index in [2.05, 4.69) is 25.5 Å². The van der Waals surface area contributed by atoms with Crippen molar-refractivity contribution in [2.45, 2.75) is 31.7 Å². The smallest absolute Gasteiger partial charge is 0.267 e. The molecule has 0 aliphatic rings. The summed E-state index contributed by atoms with van der Waals surface area (Å²) in [7, 11) is 0. The highest BCUT2D eigenvalue weighted by Crippen LogP contribution is 2.20. The molecule has 3 aromatic rings. The Morgan fingerprint density at radius 3 is 2.43 bits per heavy atom. The van der Waals surface area contributed by atoms with Gasteiger partial charge in [-0.1, -0.05) is 30.0 Å². The summed E-state index contributed by atoms with van der Waals surface area (Å²) in [5, 5.41) is 4.91. The number of aromatic nitrogens is 3. The lowest BCUT2D eigenvalue weighted by Crippen LogP contribution is -2.19. The lowest BCUT2D eigenvalue weighted by Gasteiger charge is -2.05. The van der Waals surface area contributed by atoms with E-state index in [0.717, 1.165) is 33.4 Å². The highest BCUT2D eigenvalue weighted by atomic mass is 32.2. The molecule has 0 fully saturated rings. The van der Waals surface area contributed by atoms with Crippen LogP contribution >= 0.6 is 11.8 Å². The van der Waals surface area contributed by atoms with Crippen molar-refractivity contribution in [3.05, 3.63) is 82.9 Å². The molecule has 0 unspecified atom stereocenters. The van der Waals surface area contributed by atoms with Crippen LogP contribution in [0.3, 0.4) is 0 Å². The number of aryl methyl sites for hydroxylation is 2. The van der Waals surface area contributed by atoms with Gasteiger partial charge in [0.05, 0.1) is 5.71 Å². The summed E-state index contributed by atoms with van der Waals surface area (Å²) in [6.07, 6.45) is 3.40. The van der Waals surface area contributed by atoms with Crippen molar-refractivity contribution in [3.63, 3.8) is 0 Å². The largest absolute Gasteiger partial charge is 0.271 e. The molecule has 1 aromatic carbocycles. The number of nitrogens with zero attached hydrogens (tertiary/aromatic N) is 4. The number of rotatable bonds is 6. The molecule has 142 valence electrons. The number of carbonyl (C=O) groups is 1. The minimum Gasteiger partial charge on any atom is -0.267 e. The average molecular weight is 392 g/mol. The van der Waals surface area contributed by atoms with Crippen LogP contribution in [0.4, 0.5) is 0 Å². The topological polar surface area (TPSA) is 80.1 Å². The van der Waals surface area contributed by atoms with Gasteiger partial charge in [0.2, 0.25) is 0 Å². The molecular formula is C21H21N5OS. The first-order valence-corrected chi connectivity index (χ1v) is 9.79. The molecule has 28 heavy (non-hydrogen) atoms. The van der Waals surface area contributed by atoms with Crippen molar-refractivity contribution in [2.24, 2.45) is 5.10 Å². The maximum Gasteiger partial charge on any atom is 0.271 e. The first-order chi connectivity index (χ1) is 13.5. The number of hydrogen-bond donors (Lipinski definition) is 1. The van der Waals surface area contributed by atoms with E-state index in [-0.39, 0.29) is 5.91 Å². The molecule has 0 aliphatic carbocycles. The third-order valence-corrected chi connectivity index (χ3v) is 4.87. The Bertz CT molecular complexity index is 967. The summed E-state index contributed by atoms with van der Waals surface area (Å²) in [6, 6.07) is 13.1. The Kier molecular flexibility index (Phi) is 6.49. The molecule has 0 spiro atoms. The average Bonchev–Trinajstić information content (AvgIpc) is 2.70. The number of thioether (sulfide) groups is 1. The highest BCUT2D eigenvalue weighted by Gasteiger charge is 2.06. The van der Waals surface area contributed by atoms with Crippen LogP contribution in [-0.2, 0) is 5.75 Å². The van der Waals surface area contributed by atoms with Gasteiger partial charge < -0.3 is 0 Å². The number of benzene rings is 1. The van der Waals surface area contributed by atoms with E-state index >= 15 is 0 Å². The summed E-state index contributed by atoms with van der Waals surface area (Å²) in [6.45, 7) is 5.75. The molecule has 2 aromatic heterocycles. The fourth-order valence-electron chi connectivity index (χ4n) is 2.50. The molecule has 3 rings (SSSR count). The number of hydrazone groups is 1. The molecule has 6 nitrogen and oxygen atoms in total. The molecular weight excluding hydrogens is 370 g/mol. The number of carbonyl (C=O) groups excluding carboxylic acids is 1. The fourth-order valence-corrected chi connectivity index (χ4v) is 3.40. The predicted molar refractivity (Wildman–Crippen MR) is 111 cm³/mol. The van der Waals surface area contributed by atoms with E-state index in [9.17, 15) is 4.79 Å². The van der Waals surface area contributed by atoms with Gasteiger partial charge in [0.15, 0.2) is 5.16 Å². The monoisotopic (exact) mass is 391 g/mol. The second-order valence-corrected chi connectivity index (χ2v) is 7.24. The first-order valence-electron chi connectivity index (χ1n) is 8.80. The third kappa shape index (κ3) is 5.47. The minimum atomic E-state index is -0.250. The molecule has 0 saturated heterocycles. The van der Waals surface area contributed by atoms with Gasteiger partial charge in [-0.05, 0) is 50.6 Å². The lowest BCUT2D eigenvalue weighted by atomic mass is 10.1. The van der Waals surface area contributed by atoms with E-state index in [4.69, 9.17) is 0 Å². The van der Waals surface area contributed by atoms with Crippen LogP contribution in [0.2, 0.25) is 0 Å². The maximum absolute atomic E-state index is 12.3. The molecule has 1 N–H and O–H groups in total. The van der Waals surface area contributed by atoms with Crippen molar-refractivity contribution in [1.29, 1.82) is 0 Å². The zero-order chi connectivity index (χ0) is 19.9. The maximum atomic E-state index is 12.3. The van der Waals surface area contributed by atoms with Crippen LogP contribution in [0.1, 0.15) is 39.8 Å². The first kappa shape index (κ1) is 19.7. The van der Waals surface area contributed by atoms with Gasteiger partial charge in [0, 0.05) is 40.7 Å². The van der Waals surface area contributed by atoms with E-state index < -0.39 is 0 Å². The van der Waals surface area contributed by atoms with Crippen molar-refractivity contribution >= 4 is 23.4 Å². The Balaban J connectivity index is 1.58. The number of hydrogen-bond acceptors (Lipinski definition) is 6. The highest BCUT2D eigenvalue weighted by molar-refractivity contribution is 7.98. The molecule has 0 atom stereocenters. The van der Waals surface area contributed by atoms with Gasteiger partial charge in [-0.3, -0.25) is 9.78 Å². The van der Waals surface area contributed by atoms with Gasteiger partial charge in [-0.15, -0.1) is 0 Å². The molecule has 7 heteroatoms. The summed E-state index contributed by atoms with van der Waals surface area (Å²) in [4.78, 5) is 25.2. The van der Waals surface area contributed by atoms with Crippen LogP contribution in [0.5, 0.6) is 0 Å².